The summed E-state index contributed by atoms with van der Waals surface area (Å²) in [5.74, 6) is 0. The zero-order chi connectivity index (χ0) is 11.9. The molecule has 1 aliphatic carbocycles. The predicted octanol–water partition coefficient (Wildman–Crippen LogP) is 4.22. The minimum absolute atomic E-state index is 0.478. The Morgan fingerprint density at radius 3 is 2.06 bits per heavy atom. The van der Waals surface area contributed by atoms with Crippen molar-refractivity contribution in [3.8, 4) is 0 Å². The van der Waals surface area contributed by atoms with Crippen LogP contribution in [0.2, 0.25) is 0 Å². The predicted molar refractivity (Wildman–Crippen MR) is 76.3 cm³/mol. The SMILES string of the molecule is CCC(CC)(CNC1CCCCCC1)SC. The van der Waals surface area contributed by atoms with Gasteiger partial charge in [-0.25, -0.2) is 0 Å². The van der Waals surface area contributed by atoms with E-state index < -0.39 is 0 Å². The van der Waals surface area contributed by atoms with Crippen molar-refractivity contribution in [3.63, 3.8) is 0 Å². The zero-order valence-electron chi connectivity index (χ0n) is 11.3. The monoisotopic (exact) mass is 243 g/mol. The van der Waals surface area contributed by atoms with E-state index in [0.717, 1.165) is 6.04 Å². The van der Waals surface area contributed by atoms with Gasteiger partial charge in [-0.3, -0.25) is 0 Å². The average molecular weight is 243 g/mol. The molecule has 0 radical (unpaired) electrons. The molecule has 0 spiro atoms. The molecule has 0 aromatic carbocycles. The molecule has 1 fully saturated rings. The van der Waals surface area contributed by atoms with Crippen molar-refractivity contribution < 1.29 is 0 Å². The highest BCUT2D eigenvalue weighted by atomic mass is 32.2. The first-order valence-corrected chi connectivity index (χ1v) is 8.27. The van der Waals surface area contributed by atoms with Gasteiger partial charge in [0.2, 0.25) is 0 Å². The lowest BCUT2D eigenvalue weighted by molar-refractivity contribution is 0.409. The molecular weight excluding hydrogens is 214 g/mol. The maximum atomic E-state index is 3.83. The van der Waals surface area contributed by atoms with E-state index in [2.05, 4.69) is 25.4 Å². The molecule has 16 heavy (non-hydrogen) atoms. The molecule has 1 nitrogen and oxygen atoms in total. The Hall–Kier alpha value is 0.310. The summed E-state index contributed by atoms with van der Waals surface area (Å²) < 4.78 is 0.478. The fraction of sp³-hybridized carbons (Fsp3) is 1.00. The van der Waals surface area contributed by atoms with Crippen LogP contribution in [0.5, 0.6) is 0 Å². The lowest BCUT2D eigenvalue weighted by Gasteiger charge is -2.32. The first kappa shape index (κ1) is 14.4. The Balaban J connectivity index is 2.35. The summed E-state index contributed by atoms with van der Waals surface area (Å²) in [4.78, 5) is 0. The highest BCUT2D eigenvalue weighted by Crippen LogP contribution is 2.30. The van der Waals surface area contributed by atoms with Crippen LogP contribution in [0.15, 0.2) is 0 Å². The van der Waals surface area contributed by atoms with Gasteiger partial charge in [0, 0.05) is 17.3 Å². The Morgan fingerprint density at radius 1 is 1.06 bits per heavy atom. The lowest BCUT2D eigenvalue weighted by Crippen LogP contribution is -2.41. The fourth-order valence-corrected chi connectivity index (χ4v) is 3.48. The molecule has 0 heterocycles. The Kier molecular flexibility index (Phi) is 6.83. The largest absolute Gasteiger partial charge is 0.313 e. The van der Waals surface area contributed by atoms with E-state index in [1.807, 2.05) is 11.8 Å². The number of nitrogens with one attached hydrogen (secondary N) is 1. The zero-order valence-corrected chi connectivity index (χ0v) is 12.2. The Morgan fingerprint density at radius 2 is 1.62 bits per heavy atom. The van der Waals surface area contributed by atoms with Crippen LogP contribution in [-0.2, 0) is 0 Å². The van der Waals surface area contributed by atoms with Gasteiger partial charge in [-0.05, 0) is 31.9 Å². The summed E-state index contributed by atoms with van der Waals surface area (Å²) in [6.45, 7) is 5.86. The maximum Gasteiger partial charge on any atom is 0.0276 e. The third-order valence-corrected chi connectivity index (χ3v) is 5.88. The minimum atomic E-state index is 0.478. The third-order valence-electron chi connectivity index (χ3n) is 4.29. The van der Waals surface area contributed by atoms with Gasteiger partial charge < -0.3 is 5.32 Å². The summed E-state index contributed by atoms with van der Waals surface area (Å²) in [5.41, 5.74) is 0. The van der Waals surface area contributed by atoms with Crippen LogP contribution in [0.25, 0.3) is 0 Å². The number of hydrogen-bond acceptors (Lipinski definition) is 2. The van der Waals surface area contributed by atoms with Crippen molar-refractivity contribution in [2.75, 3.05) is 12.8 Å². The molecule has 1 N–H and O–H groups in total. The van der Waals surface area contributed by atoms with Crippen molar-refractivity contribution in [2.24, 2.45) is 0 Å². The summed E-state index contributed by atoms with van der Waals surface area (Å²) in [5, 5.41) is 3.83. The molecule has 0 saturated heterocycles. The second-order valence-corrected chi connectivity index (χ2v) is 6.44. The van der Waals surface area contributed by atoms with E-state index in [9.17, 15) is 0 Å². The maximum absolute atomic E-state index is 3.83. The van der Waals surface area contributed by atoms with Gasteiger partial charge in [0.1, 0.15) is 0 Å². The lowest BCUT2D eigenvalue weighted by atomic mass is 10.0. The topological polar surface area (TPSA) is 12.0 Å². The standard InChI is InChI=1S/C14H29NS/c1-4-14(5-2,16-3)12-15-13-10-8-6-7-9-11-13/h13,15H,4-12H2,1-3H3. The van der Waals surface area contributed by atoms with Gasteiger partial charge >= 0.3 is 0 Å². The van der Waals surface area contributed by atoms with Crippen molar-refractivity contribution in [1.29, 1.82) is 0 Å². The molecule has 0 amide bonds. The van der Waals surface area contributed by atoms with Gasteiger partial charge in [-0.15, -0.1) is 0 Å². The number of thioether (sulfide) groups is 1. The quantitative estimate of drug-likeness (QED) is 0.701. The number of rotatable bonds is 6. The van der Waals surface area contributed by atoms with Gasteiger partial charge in [-0.2, -0.15) is 11.8 Å². The first-order valence-electron chi connectivity index (χ1n) is 7.05. The molecule has 96 valence electrons. The van der Waals surface area contributed by atoms with E-state index in [-0.39, 0.29) is 0 Å². The van der Waals surface area contributed by atoms with E-state index in [0.29, 0.717) is 4.75 Å². The van der Waals surface area contributed by atoms with Crippen molar-refractivity contribution in [3.05, 3.63) is 0 Å². The smallest absolute Gasteiger partial charge is 0.0276 e. The molecule has 1 rings (SSSR count). The first-order chi connectivity index (χ1) is 7.76. The molecule has 2 heteroatoms. The Bertz CT molecular complexity index is 161. The summed E-state index contributed by atoms with van der Waals surface area (Å²) in [6.07, 6.45) is 13.4. The summed E-state index contributed by atoms with van der Waals surface area (Å²) in [7, 11) is 0. The van der Waals surface area contributed by atoms with Gasteiger partial charge in [-0.1, -0.05) is 39.5 Å². The van der Waals surface area contributed by atoms with Crippen molar-refractivity contribution >= 4 is 11.8 Å². The van der Waals surface area contributed by atoms with Crippen LogP contribution in [0.1, 0.15) is 65.2 Å². The molecule has 0 bridgehead atoms. The van der Waals surface area contributed by atoms with Crippen molar-refractivity contribution in [2.45, 2.75) is 76.0 Å². The molecular formula is C14H29NS. The summed E-state index contributed by atoms with van der Waals surface area (Å²) in [6, 6.07) is 0.798. The van der Waals surface area contributed by atoms with E-state index in [4.69, 9.17) is 0 Å². The van der Waals surface area contributed by atoms with Crippen LogP contribution in [0.3, 0.4) is 0 Å². The molecule has 1 saturated carbocycles. The van der Waals surface area contributed by atoms with Crippen LogP contribution in [-0.4, -0.2) is 23.6 Å². The minimum Gasteiger partial charge on any atom is -0.313 e. The molecule has 0 aliphatic heterocycles. The van der Waals surface area contributed by atoms with E-state index in [1.54, 1.807) is 0 Å². The summed E-state index contributed by atoms with van der Waals surface area (Å²) >= 11 is 2.05. The van der Waals surface area contributed by atoms with E-state index >= 15 is 0 Å². The highest BCUT2D eigenvalue weighted by Gasteiger charge is 2.25. The van der Waals surface area contributed by atoms with Crippen LogP contribution in [0, 0.1) is 0 Å². The second-order valence-electron chi connectivity index (χ2n) is 5.16. The third kappa shape index (κ3) is 4.29. The van der Waals surface area contributed by atoms with Gasteiger partial charge in [0.05, 0.1) is 0 Å². The molecule has 0 unspecified atom stereocenters. The molecule has 0 aromatic heterocycles. The highest BCUT2D eigenvalue weighted by molar-refractivity contribution is 8.00. The number of hydrogen-bond donors (Lipinski definition) is 1. The van der Waals surface area contributed by atoms with Crippen LogP contribution < -0.4 is 5.32 Å². The van der Waals surface area contributed by atoms with Gasteiger partial charge in [0.15, 0.2) is 0 Å². The average Bonchev–Trinajstić information content (AvgIpc) is 2.60. The van der Waals surface area contributed by atoms with Crippen LogP contribution in [0.4, 0.5) is 0 Å². The fourth-order valence-electron chi connectivity index (χ4n) is 2.67. The van der Waals surface area contributed by atoms with Gasteiger partial charge in [0.25, 0.3) is 0 Å². The Labute approximate surface area is 106 Å². The van der Waals surface area contributed by atoms with Crippen molar-refractivity contribution in [1.82, 2.24) is 5.32 Å². The van der Waals surface area contributed by atoms with E-state index in [1.165, 1.54) is 57.9 Å². The molecule has 0 aromatic rings. The normalized spacial score (nSPS) is 19.7. The second kappa shape index (κ2) is 7.60. The molecule has 0 atom stereocenters. The molecule has 1 aliphatic rings. The van der Waals surface area contributed by atoms with Crippen LogP contribution >= 0.6 is 11.8 Å².